The molecule has 166 valence electrons. The van der Waals surface area contributed by atoms with Gasteiger partial charge in [0.25, 0.3) is 0 Å². The number of nitrogens with one attached hydrogen (secondary N) is 1. The van der Waals surface area contributed by atoms with Crippen LogP contribution in [0.5, 0.6) is 23.0 Å². The summed E-state index contributed by atoms with van der Waals surface area (Å²) in [6.07, 6.45) is 0. The molecule has 1 atom stereocenters. The van der Waals surface area contributed by atoms with Crippen molar-refractivity contribution >= 4 is 33.7 Å². The molecule has 6 nitrogen and oxygen atoms in total. The number of methoxy groups -OCH3 is 4. The third-order valence-corrected chi connectivity index (χ3v) is 8.20. The van der Waals surface area contributed by atoms with E-state index in [1.807, 2.05) is 24.3 Å². The van der Waals surface area contributed by atoms with Crippen LogP contribution in [-0.2, 0) is 3.83 Å². The van der Waals surface area contributed by atoms with Gasteiger partial charge in [0.15, 0.2) is 0 Å². The molecule has 1 aromatic heterocycles. The Morgan fingerprint density at radius 3 is 2.06 bits per heavy atom. The summed E-state index contributed by atoms with van der Waals surface area (Å²) in [5.74, 6) is 0.913. The van der Waals surface area contributed by atoms with Crippen LogP contribution < -0.4 is 27.9 Å². The molecular weight excluding hydrogens is 480 g/mol. The van der Waals surface area contributed by atoms with Gasteiger partial charge in [-0.1, -0.05) is 0 Å². The molecular formula is C24H22FNO5Se. The van der Waals surface area contributed by atoms with Crippen molar-refractivity contribution in [1.82, 2.24) is 4.98 Å². The standard InChI is InChI=1S/C24H22FNO5Se/c1-28-19-10-9-14(11-17(19)25)22-24(16-7-5-6-8-18(16)26-22)32(27)15-12-20(29-2)23(31-4)21(13-15)30-3/h5-13,26H,1-4H3. The number of ether oxygens (including phenoxy) is 4. The van der Waals surface area contributed by atoms with E-state index in [1.165, 1.54) is 34.5 Å². The molecule has 0 amide bonds. The summed E-state index contributed by atoms with van der Waals surface area (Å²) >= 11 is -2.86. The number of para-hydroxylation sites is 1. The van der Waals surface area contributed by atoms with Gasteiger partial charge in [0.1, 0.15) is 0 Å². The average Bonchev–Trinajstić information content (AvgIpc) is 3.22. The number of hydrogen-bond acceptors (Lipinski definition) is 5. The zero-order valence-corrected chi connectivity index (χ0v) is 19.7. The van der Waals surface area contributed by atoms with E-state index in [-0.39, 0.29) is 5.75 Å². The second-order valence-electron chi connectivity index (χ2n) is 6.85. The monoisotopic (exact) mass is 503 g/mol. The first kappa shape index (κ1) is 21.9. The number of H-pyrrole nitrogens is 1. The fourth-order valence-electron chi connectivity index (χ4n) is 3.62. The van der Waals surface area contributed by atoms with Crippen molar-refractivity contribution in [3.8, 4) is 34.3 Å². The van der Waals surface area contributed by atoms with Crippen LogP contribution in [-0.4, -0.2) is 47.3 Å². The molecule has 1 unspecified atom stereocenters. The zero-order valence-electron chi connectivity index (χ0n) is 18.0. The van der Waals surface area contributed by atoms with Gasteiger partial charge >= 0.3 is 189 Å². The molecule has 4 rings (SSSR count). The second-order valence-corrected chi connectivity index (χ2v) is 9.83. The van der Waals surface area contributed by atoms with E-state index in [9.17, 15) is 8.23 Å². The Morgan fingerprint density at radius 1 is 0.812 bits per heavy atom. The molecule has 0 bridgehead atoms. The second kappa shape index (κ2) is 9.02. The first-order valence-corrected chi connectivity index (χ1v) is 12.1. The number of rotatable bonds is 7. The van der Waals surface area contributed by atoms with Crippen LogP contribution in [0.15, 0.2) is 54.6 Å². The van der Waals surface area contributed by atoms with Crippen molar-refractivity contribution < 1.29 is 27.2 Å². The van der Waals surface area contributed by atoms with E-state index in [0.717, 1.165) is 10.9 Å². The topological polar surface area (TPSA) is 69.8 Å². The number of halogens is 1. The Kier molecular flexibility index (Phi) is 6.17. The average molecular weight is 502 g/mol. The van der Waals surface area contributed by atoms with Crippen LogP contribution in [0.3, 0.4) is 0 Å². The molecule has 4 aromatic rings. The molecule has 0 radical (unpaired) electrons. The Hall–Kier alpha value is -3.35. The minimum atomic E-state index is -2.86. The molecule has 0 saturated heterocycles. The number of benzene rings is 3. The number of fused-ring (bicyclic) bond motifs is 1. The van der Waals surface area contributed by atoms with Gasteiger partial charge in [-0.25, -0.2) is 0 Å². The summed E-state index contributed by atoms with van der Waals surface area (Å²) in [4.78, 5) is 3.31. The number of aromatic amines is 1. The normalized spacial score (nSPS) is 11.9. The van der Waals surface area contributed by atoms with E-state index < -0.39 is 19.7 Å². The molecule has 1 heterocycles. The van der Waals surface area contributed by atoms with Crippen LogP contribution in [0, 0.1) is 5.82 Å². The SMILES string of the molecule is COc1ccc(-c2[nH]c3ccccc3c2[Se](=O)c2cc(OC)c(OC)c(OC)c2)cc1F. The van der Waals surface area contributed by atoms with Crippen molar-refractivity contribution in [2.45, 2.75) is 0 Å². The predicted molar refractivity (Wildman–Crippen MR) is 122 cm³/mol. The third kappa shape index (κ3) is 3.72. The van der Waals surface area contributed by atoms with Gasteiger partial charge in [0, 0.05) is 0 Å². The van der Waals surface area contributed by atoms with E-state index in [1.54, 1.807) is 24.3 Å². The van der Waals surface area contributed by atoms with Crippen molar-refractivity contribution in [2.24, 2.45) is 0 Å². The molecule has 8 heteroatoms. The molecule has 0 fully saturated rings. The summed E-state index contributed by atoms with van der Waals surface area (Å²) in [5, 5.41) is 0.812. The Morgan fingerprint density at radius 2 is 1.47 bits per heavy atom. The molecule has 0 aliphatic heterocycles. The summed E-state index contributed by atoms with van der Waals surface area (Å²) in [6, 6.07) is 15.6. The third-order valence-electron chi connectivity index (χ3n) is 5.14. The predicted octanol–water partition coefficient (Wildman–Crippen LogP) is 3.54. The molecule has 32 heavy (non-hydrogen) atoms. The Balaban J connectivity index is 1.94. The van der Waals surface area contributed by atoms with Crippen LogP contribution in [0.2, 0.25) is 0 Å². The molecule has 0 saturated carbocycles. The summed E-state index contributed by atoms with van der Waals surface area (Å²) in [6.45, 7) is 0. The maximum absolute atomic E-state index is 14.5. The molecule has 0 spiro atoms. The first-order chi connectivity index (χ1) is 15.5. The number of aromatic nitrogens is 1. The van der Waals surface area contributed by atoms with E-state index in [0.29, 0.717) is 37.4 Å². The maximum atomic E-state index is 14.5. The van der Waals surface area contributed by atoms with E-state index in [2.05, 4.69) is 4.98 Å². The summed E-state index contributed by atoms with van der Waals surface area (Å²) < 4.78 is 50.9. The molecule has 1 N–H and O–H groups in total. The summed E-state index contributed by atoms with van der Waals surface area (Å²) in [5.41, 5.74) is 1.99. The fraction of sp³-hybridized carbons (Fsp3) is 0.167. The van der Waals surface area contributed by atoms with Gasteiger partial charge in [0.2, 0.25) is 0 Å². The van der Waals surface area contributed by atoms with Crippen LogP contribution in [0.1, 0.15) is 0 Å². The van der Waals surface area contributed by atoms with Crippen molar-refractivity contribution in [3.05, 3.63) is 60.4 Å². The minimum absolute atomic E-state index is 0.144. The zero-order chi connectivity index (χ0) is 22.8. The van der Waals surface area contributed by atoms with Gasteiger partial charge in [0.05, 0.1) is 0 Å². The van der Waals surface area contributed by atoms with Gasteiger partial charge in [-0.05, 0) is 0 Å². The van der Waals surface area contributed by atoms with Crippen LogP contribution in [0.25, 0.3) is 22.2 Å². The van der Waals surface area contributed by atoms with Gasteiger partial charge in [-0.2, -0.15) is 0 Å². The van der Waals surface area contributed by atoms with Crippen molar-refractivity contribution in [1.29, 1.82) is 0 Å². The van der Waals surface area contributed by atoms with E-state index >= 15 is 0 Å². The van der Waals surface area contributed by atoms with Gasteiger partial charge in [-0.15, -0.1) is 0 Å². The molecule has 0 aliphatic carbocycles. The Bertz CT molecular complexity index is 1290. The van der Waals surface area contributed by atoms with Crippen LogP contribution >= 0.6 is 0 Å². The first-order valence-electron chi connectivity index (χ1n) is 9.68. The van der Waals surface area contributed by atoms with Gasteiger partial charge in [-0.3, -0.25) is 0 Å². The fourth-order valence-corrected chi connectivity index (χ4v) is 6.54. The van der Waals surface area contributed by atoms with Crippen molar-refractivity contribution in [3.63, 3.8) is 0 Å². The van der Waals surface area contributed by atoms with E-state index in [4.69, 9.17) is 18.9 Å². The quantitative estimate of drug-likeness (QED) is 0.392. The summed E-state index contributed by atoms with van der Waals surface area (Å²) in [7, 11) is 5.95. The Labute approximate surface area is 189 Å². The van der Waals surface area contributed by atoms with Gasteiger partial charge < -0.3 is 0 Å². The van der Waals surface area contributed by atoms with Crippen LogP contribution in [0.4, 0.5) is 4.39 Å². The van der Waals surface area contributed by atoms with Crippen molar-refractivity contribution in [2.75, 3.05) is 28.4 Å². The molecule has 3 aromatic carbocycles. The number of hydrogen-bond donors (Lipinski definition) is 1. The molecule has 0 aliphatic rings.